The average molecular weight is 395 g/mol. The maximum absolute atomic E-state index is 13.1. The average Bonchev–Trinajstić information content (AvgIpc) is 2.73. The van der Waals surface area contributed by atoms with Crippen LogP contribution in [-0.2, 0) is 15.9 Å². The molecular formula is C15H21BrClNO2S. The largest absolute Gasteiger partial charge is 0.244 e. The van der Waals surface area contributed by atoms with E-state index in [-0.39, 0.29) is 6.04 Å². The monoisotopic (exact) mass is 393 g/mol. The molecule has 1 fully saturated rings. The lowest BCUT2D eigenvalue weighted by Crippen LogP contribution is -2.39. The van der Waals surface area contributed by atoms with Gasteiger partial charge >= 0.3 is 0 Å². The van der Waals surface area contributed by atoms with Crippen molar-refractivity contribution in [3.8, 4) is 0 Å². The van der Waals surface area contributed by atoms with E-state index in [1.807, 2.05) is 6.07 Å². The minimum Gasteiger partial charge on any atom is -0.207 e. The topological polar surface area (TPSA) is 37.4 Å². The smallest absolute Gasteiger partial charge is 0.207 e. The van der Waals surface area contributed by atoms with Gasteiger partial charge < -0.3 is 0 Å². The molecule has 0 saturated carbocycles. The molecule has 2 rings (SSSR count). The third kappa shape index (κ3) is 3.81. The predicted molar refractivity (Wildman–Crippen MR) is 90.1 cm³/mol. The number of sulfonamides is 1. The molecule has 1 aliphatic heterocycles. The zero-order chi connectivity index (χ0) is 15.5. The molecule has 0 aromatic heterocycles. The first-order chi connectivity index (χ1) is 10.0. The van der Waals surface area contributed by atoms with Gasteiger partial charge in [-0.15, -0.1) is 11.6 Å². The minimum absolute atomic E-state index is 0.101. The van der Waals surface area contributed by atoms with Crippen LogP contribution in [0.15, 0.2) is 27.6 Å². The second kappa shape index (κ2) is 7.44. The van der Waals surface area contributed by atoms with Gasteiger partial charge in [-0.25, -0.2) is 8.42 Å². The molecule has 6 heteroatoms. The number of benzene rings is 1. The van der Waals surface area contributed by atoms with Crippen LogP contribution < -0.4 is 0 Å². The summed E-state index contributed by atoms with van der Waals surface area (Å²) < 4.78 is 28.4. The van der Waals surface area contributed by atoms with Crippen LogP contribution in [0.3, 0.4) is 0 Å². The van der Waals surface area contributed by atoms with Crippen molar-refractivity contribution < 1.29 is 8.42 Å². The number of hydrogen-bond acceptors (Lipinski definition) is 2. The van der Waals surface area contributed by atoms with Crippen molar-refractivity contribution >= 4 is 37.6 Å². The van der Waals surface area contributed by atoms with E-state index in [2.05, 4.69) is 22.9 Å². The van der Waals surface area contributed by atoms with E-state index in [1.165, 1.54) is 0 Å². The van der Waals surface area contributed by atoms with Crippen LogP contribution in [0.2, 0.25) is 0 Å². The van der Waals surface area contributed by atoms with Crippen LogP contribution in [0.5, 0.6) is 0 Å². The van der Waals surface area contributed by atoms with E-state index >= 15 is 0 Å². The van der Waals surface area contributed by atoms with Gasteiger partial charge in [0.25, 0.3) is 0 Å². The highest BCUT2D eigenvalue weighted by Gasteiger charge is 2.32. The molecule has 0 radical (unpaired) electrons. The number of hydrogen-bond donors (Lipinski definition) is 0. The number of rotatable bonds is 4. The molecule has 21 heavy (non-hydrogen) atoms. The summed E-state index contributed by atoms with van der Waals surface area (Å²) in [6, 6.07) is 5.40. The summed E-state index contributed by atoms with van der Waals surface area (Å²) in [4.78, 5) is 0.334. The maximum Gasteiger partial charge on any atom is 0.244 e. The zero-order valence-electron chi connectivity index (χ0n) is 12.2. The minimum atomic E-state index is -3.48. The maximum atomic E-state index is 13.1. The molecule has 1 unspecified atom stereocenters. The van der Waals surface area contributed by atoms with E-state index in [0.717, 1.165) is 37.7 Å². The van der Waals surface area contributed by atoms with Gasteiger partial charge in [-0.2, -0.15) is 4.31 Å². The molecule has 3 nitrogen and oxygen atoms in total. The Morgan fingerprint density at radius 2 is 2.10 bits per heavy atom. The Kier molecular flexibility index (Phi) is 6.12. The quantitative estimate of drug-likeness (QED) is 0.703. The Morgan fingerprint density at radius 1 is 1.33 bits per heavy atom. The number of alkyl halides is 1. The summed E-state index contributed by atoms with van der Waals surface area (Å²) in [6.07, 6.45) is 4.94. The summed E-state index contributed by atoms with van der Waals surface area (Å²) >= 11 is 9.22. The van der Waals surface area contributed by atoms with Crippen LogP contribution in [0.4, 0.5) is 0 Å². The van der Waals surface area contributed by atoms with Crippen LogP contribution in [0.25, 0.3) is 0 Å². The van der Waals surface area contributed by atoms with E-state index in [9.17, 15) is 8.42 Å². The van der Waals surface area contributed by atoms with Crippen molar-refractivity contribution in [3.63, 3.8) is 0 Å². The molecule has 1 aromatic rings. The van der Waals surface area contributed by atoms with Gasteiger partial charge in [0.15, 0.2) is 0 Å². The molecule has 1 aromatic carbocycles. The van der Waals surface area contributed by atoms with E-state index in [1.54, 1.807) is 16.4 Å². The summed E-state index contributed by atoms with van der Waals surface area (Å²) in [5.41, 5.74) is 0.821. The fourth-order valence-electron chi connectivity index (χ4n) is 2.83. The summed E-state index contributed by atoms with van der Waals surface area (Å²) in [6.45, 7) is 2.67. The highest BCUT2D eigenvalue weighted by atomic mass is 79.9. The highest BCUT2D eigenvalue weighted by molar-refractivity contribution is 9.10. The second-order valence-electron chi connectivity index (χ2n) is 5.43. The van der Waals surface area contributed by atoms with Crippen molar-refractivity contribution in [3.05, 3.63) is 28.2 Å². The van der Waals surface area contributed by atoms with Crippen LogP contribution in [0.1, 0.15) is 44.6 Å². The molecule has 1 atom stereocenters. The van der Waals surface area contributed by atoms with Crippen LogP contribution in [-0.4, -0.2) is 25.3 Å². The third-order valence-corrected chi connectivity index (χ3v) is 7.29. The molecule has 0 aliphatic carbocycles. The van der Waals surface area contributed by atoms with Crippen molar-refractivity contribution in [2.24, 2.45) is 0 Å². The predicted octanol–water partition coefficient (Wildman–Crippen LogP) is 4.53. The van der Waals surface area contributed by atoms with Crippen molar-refractivity contribution in [1.29, 1.82) is 0 Å². The zero-order valence-corrected chi connectivity index (χ0v) is 15.3. The fraction of sp³-hybridized carbons (Fsp3) is 0.600. The van der Waals surface area contributed by atoms with Gasteiger partial charge in [0.05, 0.1) is 4.90 Å². The van der Waals surface area contributed by atoms with E-state index in [4.69, 9.17) is 11.6 Å². The van der Waals surface area contributed by atoms with Gasteiger partial charge in [0.2, 0.25) is 10.0 Å². The van der Waals surface area contributed by atoms with Crippen molar-refractivity contribution in [1.82, 2.24) is 4.31 Å². The van der Waals surface area contributed by atoms with Gasteiger partial charge in [0.1, 0.15) is 0 Å². The summed E-state index contributed by atoms with van der Waals surface area (Å²) in [7, 11) is -3.48. The second-order valence-corrected chi connectivity index (χ2v) is 8.41. The Balaban J connectivity index is 2.44. The Morgan fingerprint density at radius 3 is 2.76 bits per heavy atom. The van der Waals surface area contributed by atoms with Crippen molar-refractivity contribution in [2.45, 2.75) is 55.8 Å². The number of halogens is 2. The molecule has 118 valence electrons. The van der Waals surface area contributed by atoms with E-state index < -0.39 is 10.0 Å². The Hall–Kier alpha value is -0.100. The van der Waals surface area contributed by atoms with Gasteiger partial charge in [-0.05, 0) is 52.9 Å². The Labute approximate surface area is 140 Å². The summed E-state index contributed by atoms with van der Waals surface area (Å²) in [5, 5.41) is 0. The number of nitrogens with zero attached hydrogens (tertiary/aromatic N) is 1. The van der Waals surface area contributed by atoms with Gasteiger partial charge in [-0.3, -0.25) is 0 Å². The van der Waals surface area contributed by atoms with E-state index in [0.29, 0.717) is 21.8 Å². The molecule has 0 amide bonds. The lowest BCUT2D eigenvalue weighted by molar-refractivity contribution is 0.315. The third-order valence-electron chi connectivity index (χ3n) is 4.03. The van der Waals surface area contributed by atoms with Crippen LogP contribution >= 0.6 is 27.5 Å². The fourth-order valence-corrected chi connectivity index (χ4v) is 5.74. The SMILES string of the molecule is CCC1CCCCCN1S(=O)(=O)c1cc(CCl)ccc1Br. The summed E-state index contributed by atoms with van der Waals surface area (Å²) in [5.74, 6) is 0.313. The lowest BCUT2D eigenvalue weighted by atomic mass is 10.1. The normalized spacial score (nSPS) is 21.2. The van der Waals surface area contributed by atoms with Crippen LogP contribution in [0, 0.1) is 0 Å². The molecule has 0 bridgehead atoms. The standard InChI is InChI=1S/C15H21BrClNO2S/c1-2-13-6-4-3-5-9-18(13)21(19,20)15-10-12(11-17)7-8-14(15)16/h7-8,10,13H,2-6,9,11H2,1H3. The first-order valence-electron chi connectivity index (χ1n) is 7.37. The molecule has 0 N–H and O–H groups in total. The molecule has 1 saturated heterocycles. The van der Waals surface area contributed by atoms with Gasteiger partial charge in [0, 0.05) is 22.9 Å². The van der Waals surface area contributed by atoms with Crippen molar-refractivity contribution in [2.75, 3.05) is 6.54 Å². The first-order valence-corrected chi connectivity index (χ1v) is 10.1. The highest BCUT2D eigenvalue weighted by Crippen LogP contribution is 2.31. The molecular weight excluding hydrogens is 374 g/mol. The lowest BCUT2D eigenvalue weighted by Gasteiger charge is -2.28. The molecule has 1 heterocycles. The first kappa shape index (κ1) is 17.3. The molecule has 0 spiro atoms. The van der Waals surface area contributed by atoms with Gasteiger partial charge in [-0.1, -0.05) is 25.8 Å². The molecule has 1 aliphatic rings. The Bertz CT molecular complexity index is 591.